The molecule has 0 atom stereocenters. The van der Waals surface area contributed by atoms with Crippen molar-refractivity contribution in [2.75, 3.05) is 0 Å². The lowest BCUT2D eigenvalue weighted by Gasteiger charge is -1.96. The van der Waals surface area contributed by atoms with E-state index in [0.29, 0.717) is 11.4 Å². The minimum atomic E-state index is -0.275. The molecule has 0 radical (unpaired) electrons. The molecule has 10 heavy (non-hydrogen) atoms. The highest BCUT2D eigenvalue weighted by Gasteiger charge is 1.96. The Morgan fingerprint density at radius 1 is 1.60 bits per heavy atom. The van der Waals surface area contributed by atoms with Crippen molar-refractivity contribution in [2.24, 2.45) is 0 Å². The van der Waals surface area contributed by atoms with Gasteiger partial charge < -0.3 is 0 Å². The SMILES string of the molecule is Cc1cc(F)cc(CCl)n1. The largest absolute Gasteiger partial charge is 0.257 e. The number of pyridine rings is 1. The molecular weight excluding hydrogens is 153 g/mol. The Bertz CT molecular complexity index is 217. The summed E-state index contributed by atoms with van der Waals surface area (Å²) in [5, 5.41) is 0. The normalized spacial score (nSPS) is 9.90. The molecule has 0 aromatic carbocycles. The van der Waals surface area contributed by atoms with Crippen LogP contribution in [0, 0.1) is 12.7 Å². The molecule has 1 aromatic heterocycles. The van der Waals surface area contributed by atoms with E-state index in [1.807, 2.05) is 0 Å². The Labute approximate surface area is 63.8 Å². The lowest BCUT2D eigenvalue weighted by molar-refractivity contribution is 0.621. The minimum absolute atomic E-state index is 0.262. The monoisotopic (exact) mass is 159 g/mol. The first-order chi connectivity index (χ1) is 4.72. The van der Waals surface area contributed by atoms with Crippen molar-refractivity contribution >= 4 is 11.6 Å². The molecular formula is C7H7ClFN. The van der Waals surface area contributed by atoms with Crippen LogP contribution in [0.5, 0.6) is 0 Å². The zero-order valence-electron chi connectivity index (χ0n) is 5.56. The van der Waals surface area contributed by atoms with E-state index in [4.69, 9.17) is 11.6 Å². The van der Waals surface area contributed by atoms with E-state index in [1.54, 1.807) is 6.92 Å². The van der Waals surface area contributed by atoms with Gasteiger partial charge in [0, 0.05) is 5.69 Å². The predicted molar refractivity (Wildman–Crippen MR) is 38.5 cm³/mol. The van der Waals surface area contributed by atoms with Gasteiger partial charge in [-0.1, -0.05) is 0 Å². The fourth-order valence-corrected chi connectivity index (χ4v) is 0.897. The minimum Gasteiger partial charge on any atom is -0.257 e. The van der Waals surface area contributed by atoms with Gasteiger partial charge in [0.25, 0.3) is 0 Å². The van der Waals surface area contributed by atoms with Crippen LogP contribution in [0.1, 0.15) is 11.4 Å². The van der Waals surface area contributed by atoms with Crippen molar-refractivity contribution in [3.63, 3.8) is 0 Å². The average Bonchev–Trinajstić information content (AvgIpc) is 1.85. The number of nitrogens with zero attached hydrogens (tertiary/aromatic N) is 1. The number of hydrogen-bond acceptors (Lipinski definition) is 1. The van der Waals surface area contributed by atoms with Crippen molar-refractivity contribution in [3.8, 4) is 0 Å². The fourth-order valence-electron chi connectivity index (χ4n) is 0.760. The molecule has 0 fully saturated rings. The number of rotatable bonds is 1. The van der Waals surface area contributed by atoms with E-state index in [2.05, 4.69) is 4.98 Å². The predicted octanol–water partition coefficient (Wildman–Crippen LogP) is 2.27. The summed E-state index contributed by atoms with van der Waals surface area (Å²) in [5.74, 6) is -0.0124. The van der Waals surface area contributed by atoms with Gasteiger partial charge in [-0.3, -0.25) is 4.98 Å². The Balaban J connectivity index is 3.06. The van der Waals surface area contributed by atoms with Crippen LogP contribution in [0.15, 0.2) is 12.1 Å². The molecule has 0 amide bonds. The summed E-state index contributed by atoms with van der Waals surface area (Å²) in [6.45, 7) is 1.74. The summed E-state index contributed by atoms with van der Waals surface area (Å²) in [4.78, 5) is 3.98. The molecule has 0 saturated carbocycles. The lowest BCUT2D eigenvalue weighted by atomic mass is 10.3. The van der Waals surface area contributed by atoms with E-state index in [-0.39, 0.29) is 11.7 Å². The first-order valence-corrected chi connectivity index (χ1v) is 3.45. The van der Waals surface area contributed by atoms with Gasteiger partial charge in [0.15, 0.2) is 0 Å². The van der Waals surface area contributed by atoms with E-state index >= 15 is 0 Å². The van der Waals surface area contributed by atoms with Crippen LogP contribution >= 0.6 is 11.6 Å². The summed E-state index contributed by atoms with van der Waals surface area (Å²) in [6, 6.07) is 2.70. The standard InChI is InChI=1S/C7H7ClFN/c1-5-2-6(9)3-7(4-8)10-5/h2-3H,4H2,1H3. The Hall–Kier alpha value is -0.630. The highest BCUT2D eigenvalue weighted by molar-refractivity contribution is 6.16. The second-order valence-electron chi connectivity index (χ2n) is 2.05. The van der Waals surface area contributed by atoms with Crippen molar-refractivity contribution in [1.82, 2.24) is 4.98 Å². The topological polar surface area (TPSA) is 12.9 Å². The molecule has 0 spiro atoms. The van der Waals surface area contributed by atoms with Crippen molar-refractivity contribution in [3.05, 3.63) is 29.3 Å². The molecule has 1 nitrogen and oxygen atoms in total. The number of aryl methyl sites for hydroxylation is 1. The van der Waals surface area contributed by atoms with Crippen LogP contribution in [-0.2, 0) is 5.88 Å². The van der Waals surface area contributed by atoms with Gasteiger partial charge in [0.2, 0.25) is 0 Å². The molecule has 54 valence electrons. The molecule has 1 rings (SSSR count). The van der Waals surface area contributed by atoms with Gasteiger partial charge in [-0.05, 0) is 19.1 Å². The molecule has 1 heterocycles. The van der Waals surface area contributed by atoms with Crippen LogP contribution in [0.25, 0.3) is 0 Å². The molecule has 3 heteroatoms. The number of halogens is 2. The van der Waals surface area contributed by atoms with Crippen molar-refractivity contribution < 1.29 is 4.39 Å². The third kappa shape index (κ3) is 1.67. The Kier molecular flexibility index (Phi) is 2.22. The molecule has 0 saturated heterocycles. The average molecular weight is 160 g/mol. The molecule has 0 bridgehead atoms. The third-order valence-electron chi connectivity index (χ3n) is 1.11. The van der Waals surface area contributed by atoms with Crippen LogP contribution in [0.4, 0.5) is 4.39 Å². The maximum Gasteiger partial charge on any atom is 0.126 e. The molecule has 1 aromatic rings. The van der Waals surface area contributed by atoms with Gasteiger partial charge in [-0.2, -0.15) is 0 Å². The second-order valence-corrected chi connectivity index (χ2v) is 2.32. The Morgan fingerprint density at radius 2 is 2.30 bits per heavy atom. The van der Waals surface area contributed by atoms with Crippen LogP contribution < -0.4 is 0 Å². The smallest absolute Gasteiger partial charge is 0.126 e. The lowest BCUT2D eigenvalue weighted by Crippen LogP contribution is -1.90. The van der Waals surface area contributed by atoms with Gasteiger partial charge in [-0.15, -0.1) is 11.6 Å². The van der Waals surface area contributed by atoms with Crippen molar-refractivity contribution in [2.45, 2.75) is 12.8 Å². The quantitative estimate of drug-likeness (QED) is 0.573. The third-order valence-corrected chi connectivity index (χ3v) is 1.38. The van der Waals surface area contributed by atoms with Gasteiger partial charge >= 0.3 is 0 Å². The van der Waals surface area contributed by atoms with Crippen molar-refractivity contribution in [1.29, 1.82) is 0 Å². The zero-order chi connectivity index (χ0) is 7.56. The van der Waals surface area contributed by atoms with Gasteiger partial charge in [0.1, 0.15) is 5.82 Å². The zero-order valence-corrected chi connectivity index (χ0v) is 6.32. The molecule has 0 aliphatic heterocycles. The highest BCUT2D eigenvalue weighted by Crippen LogP contribution is 2.05. The molecule has 0 aliphatic carbocycles. The van der Waals surface area contributed by atoms with Crippen LogP contribution in [0.3, 0.4) is 0 Å². The number of hydrogen-bond donors (Lipinski definition) is 0. The maximum atomic E-state index is 12.5. The maximum absolute atomic E-state index is 12.5. The molecule has 0 unspecified atom stereocenters. The van der Waals surface area contributed by atoms with E-state index in [9.17, 15) is 4.39 Å². The fraction of sp³-hybridized carbons (Fsp3) is 0.286. The van der Waals surface area contributed by atoms with Gasteiger partial charge in [-0.25, -0.2) is 4.39 Å². The van der Waals surface area contributed by atoms with Gasteiger partial charge in [0.05, 0.1) is 11.6 Å². The second kappa shape index (κ2) is 2.97. The highest BCUT2D eigenvalue weighted by atomic mass is 35.5. The summed E-state index contributed by atoms with van der Waals surface area (Å²) >= 11 is 5.44. The Morgan fingerprint density at radius 3 is 2.80 bits per heavy atom. The van der Waals surface area contributed by atoms with E-state index < -0.39 is 0 Å². The molecule has 0 aliphatic rings. The summed E-state index contributed by atoms with van der Waals surface area (Å²) in [7, 11) is 0. The van der Waals surface area contributed by atoms with E-state index in [1.165, 1.54) is 12.1 Å². The summed E-state index contributed by atoms with van der Waals surface area (Å²) in [6.07, 6.45) is 0. The number of aromatic nitrogens is 1. The molecule has 0 N–H and O–H groups in total. The van der Waals surface area contributed by atoms with E-state index in [0.717, 1.165) is 0 Å². The number of alkyl halides is 1. The summed E-state index contributed by atoms with van der Waals surface area (Å²) < 4.78 is 12.5. The first-order valence-electron chi connectivity index (χ1n) is 2.91. The first kappa shape index (κ1) is 7.48. The van der Waals surface area contributed by atoms with Crippen LogP contribution in [-0.4, -0.2) is 4.98 Å². The van der Waals surface area contributed by atoms with Crippen LogP contribution in [0.2, 0.25) is 0 Å². The summed E-state index contributed by atoms with van der Waals surface area (Å²) in [5.41, 5.74) is 1.25.